The Morgan fingerprint density at radius 1 is 0.938 bits per heavy atom. The molecule has 0 unspecified atom stereocenters. The van der Waals surface area contributed by atoms with Crippen LogP contribution in [0.25, 0.3) is 0 Å². The molecule has 0 aromatic carbocycles. The second-order valence-electron chi connectivity index (χ2n) is 0.727. The Balaban J connectivity index is -0.0000000214. The molecule has 0 heterocycles. The molecule has 0 aliphatic carbocycles. The monoisotopic (exact) mass is 308 g/mol. The third-order valence-corrected chi connectivity index (χ3v) is 1.19. The number of hydrogen-bond acceptors (Lipinski definition) is 1. The second-order valence-corrected chi connectivity index (χ2v) is 1.72. The van der Waals surface area contributed by atoms with Crippen molar-refractivity contribution in [1.82, 2.24) is 0 Å². The first-order valence-electron chi connectivity index (χ1n) is 2.53. The van der Waals surface area contributed by atoms with E-state index >= 15 is 0 Å². The molecule has 0 aromatic rings. The first-order valence-corrected chi connectivity index (χ1v) is 3.54. The molecule has 0 aliphatic heterocycles. The van der Waals surface area contributed by atoms with Crippen LogP contribution in [0.5, 0.6) is 0 Å². The van der Waals surface area contributed by atoms with E-state index in [1.807, 2.05) is 0 Å². The molecule has 6 nitrogen and oxygen atoms in total. The van der Waals surface area contributed by atoms with E-state index in [4.69, 9.17) is 28.0 Å². The molecule has 0 amide bonds. The molecule has 84 valence electrons. The molecule has 0 atom stereocenters. The Morgan fingerprint density at radius 2 is 1.12 bits per heavy atom. The van der Waals surface area contributed by atoms with Crippen LogP contribution in [-0.4, -0.2) is 11.2 Å². The predicted octanol–water partition coefficient (Wildman–Crippen LogP) is 0.308. The van der Waals surface area contributed by atoms with Gasteiger partial charge < -0.3 is 0 Å². The summed E-state index contributed by atoms with van der Waals surface area (Å²) in [5.74, 6) is 0. The van der Waals surface area contributed by atoms with Crippen LogP contribution in [0.1, 0.15) is 0 Å². The Morgan fingerprint density at radius 3 is 1.12 bits per heavy atom. The van der Waals surface area contributed by atoms with E-state index in [0.717, 1.165) is 4.08 Å². The van der Waals surface area contributed by atoms with Crippen molar-refractivity contribution in [1.29, 1.82) is 0 Å². The van der Waals surface area contributed by atoms with Gasteiger partial charge in [-0.1, -0.05) is 0 Å². The van der Waals surface area contributed by atoms with Gasteiger partial charge >= 0.3 is 104 Å². The minimum atomic E-state index is 0.866. The van der Waals surface area contributed by atoms with E-state index < -0.39 is 0 Å². The summed E-state index contributed by atoms with van der Waals surface area (Å²) in [6.07, 6.45) is 1.67. The van der Waals surface area contributed by atoms with Crippen LogP contribution in [0, 0.1) is 33.3 Å². The molecule has 0 saturated heterocycles. The van der Waals surface area contributed by atoms with E-state index in [1.54, 1.807) is 32.5 Å². The van der Waals surface area contributed by atoms with Crippen LogP contribution in [-0.2, 0) is 47.4 Å². The molecular formula is C9H6MoO6. The van der Waals surface area contributed by atoms with E-state index in [0.29, 0.717) is 0 Å². The van der Waals surface area contributed by atoms with Crippen LogP contribution in [0.2, 0.25) is 0 Å². The predicted molar refractivity (Wildman–Crippen MR) is 41.9 cm³/mol. The summed E-state index contributed by atoms with van der Waals surface area (Å²) in [6, 6.07) is 0. The van der Waals surface area contributed by atoms with Gasteiger partial charge in [-0.05, 0) is 0 Å². The molecule has 0 N–H and O–H groups in total. The Bertz CT molecular complexity index is 188. The summed E-state index contributed by atoms with van der Waals surface area (Å²) in [7, 11) is 1.62. The Labute approximate surface area is 105 Å². The van der Waals surface area contributed by atoms with Gasteiger partial charge in [0.1, 0.15) is 0 Å². The van der Waals surface area contributed by atoms with Gasteiger partial charge in [0.05, 0.1) is 0 Å². The summed E-state index contributed by atoms with van der Waals surface area (Å²) in [5.41, 5.74) is 0. The first-order chi connectivity index (χ1) is 7.81. The number of methoxy groups -OCH3 is 1. The summed E-state index contributed by atoms with van der Waals surface area (Å²) in [4.78, 5) is 0. The van der Waals surface area contributed by atoms with Crippen molar-refractivity contribution in [2.24, 2.45) is 0 Å². The van der Waals surface area contributed by atoms with Gasteiger partial charge in [0.25, 0.3) is 0 Å². The van der Waals surface area contributed by atoms with Crippen molar-refractivity contribution < 1.29 is 47.4 Å². The van der Waals surface area contributed by atoms with Crippen LogP contribution in [0.3, 0.4) is 0 Å². The average Bonchev–Trinajstić information content (AvgIpc) is 2.48. The van der Waals surface area contributed by atoms with Gasteiger partial charge in [-0.15, -0.1) is 0 Å². The fourth-order valence-corrected chi connectivity index (χ4v) is 0.0833. The molecule has 0 spiro atoms. The summed E-state index contributed by atoms with van der Waals surface area (Å²) in [6.45, 7) is 26.0. The summed E-state index contributed by atoms with van der Waals surface area (Å²) >= 11 is 1.79. The molecule has 0 bridgehead atoms. The molecule has 7 heteroatoms. The maximum absolute atomic E-state index is 7.50. The topological polar surface area (TPSA) is 109 Å². The second kappa shape index (κ2) is 150. The summed E-state index contributed by atoms with van der Waals surface area (Å²) in [5, 5.41) is 0. The van der Waals surface area contributed by atoms with Crippen LogP contribution in [0.15, 0.2) is 12.7 Å². The fourth-order valence-electron chi connectivity index (χ4n) is 0.0833. The van der Waals surface area contributed by atoms with Crippen LogP contribution < -0.4 is 0 Å². The molecule has 0 radical (unpaired) electrons. The van der Waals surface area contributed by atoms with E-state index in [-0.39, 0.29) is 0 Å². The van der Waals surface area contributed by atoms with Gasteiger partial charge in [-0.25, -0.2) is 0 Å². The van der Waals surface area contributed by atoms with Crippen LogP contribution >= 0.6 is 0 Å². The Kier molecular flexibility index (Phi) is 340. The molecule has 0 saturated carbocycles. The summed E-state index contributed by atoms with van der Waals surface area (Å²) < 4.78 is 43.1. The average molecular weight is 306 g/mol. The van der Waals surface area contributed by atoms with E-state index in [2.05, 4.69) is 39.8 Å². The maximum atomic E-state index is 7.50. The fraction of sp³-hybridized carbons (Fsp3) is 0.111. The van der Waals surface area contributed by atoms with Crippen molar-refractivity contribution in [2.45, 2.75) is 0 Å². The van der Waals surface area contributed by atoms with Gasteiger partial charge in [0.2, 0.25) is 0 Å². The first kappa shape index (κ1) is 36.3. The zero-order chi connectivity index (χ0) is 15.0. The van der Waals surface area contributed by atoms with Crippen molar-refractivity contribution >= 4 is 4.08 Å². The number of ether oxygens (including phenoxy) is 1. The van der Waals surface area contributed by atoms with Crippen molar-refractivity contribution in [3.8, 4) is 0 Å². The molecule has 0 aromatic heterocycles. The molecule has 16 heavy (non-hydrogen) atoms. The van der Waals surface area contributed by atoms with E-state index in [9.17, 15) is 0 Å². The van der Waals surface area contributed by atoms with Gasteiger partial charge in [0, 0.05) is 0 Å². The molecule has 0 fully saturated rings. The Hall–Kier alpha value is -1.04. The van der Waals surface area contributed by atoms with Crippen LogP contribution in [0.4, 0.5) is 0 Å². The molecular weight excluding hydrogens is 300 g/mol. The van der Waals surface area contributed by atoms with Gasteiger partial charge in [-0.3, -0.25) is 0 Å². The van der Waals surface area contributed by atoms with Crippen molar-refractivity contribution in [3.05, 3.63) is 45.9 Å². The molecule has 0 aliphatic rings. The van der Waals surface area contributed by atoms with Gasteiger partial charge in [-0.2, -0.15) is 0 Å². The van der Waals surface area contributed by atoms with Crippen molar-refractivity contribution in [2.75, 3.05) is 7.11 Å². The third kappa shape index (κ3) is 212. The van der Waals surface area contributed by atoms with Crippen molar-refractivity contribution in [3.63, 3.8) is 0 Å². The normalized spacial score (nSPS) is 3.44. The zero-order valence-electron chi connectivity index (χ0n) is 8.14. The number of rotatable bonds is 2. The van der Waals surface area contributed by atoms with Gasteiger partial charge in [0.15, 0.2) is 0 Å². The third-order valence-electron chi connectivity index (χ3n) is 0.368. The SMILES string of the molecule is C=C[C](=[Mo])OC.[C-]#[O+].[C-]#[O+].[C-]#[O+].[C-]#[O+].[C-]#[O+]. The standard InChI is InChI=1S/C4H6O.5CO.Mo/c1-3-4-5-2;5*1-2;/h3H,1H2,2H3;;;;;;. The minimum absolute atomic E-state index is 0.866. The zero-order valence-corrected chi connectivity index (χ0v) is 10.1. The quantitative estimate of drug-likeness (QED) is 0.408. The molecule has 0 rings (SSSR count). The number of hydrogen-bond donors (Lipinski definition) is 0. The van der Waals surface area contributed by atoms with E-state index in [1.165, 1.54) is 0 Å².